The van der Waals surface area contributed by atoms with E-state index in [2.05, 4.69) is 5.32 Å². The van der Waals surface area contributed by atoms with Crippen molar-refractivity contribution in [3.8, 4) is 22.3 Å². The molecule has 4 rings (SSSR count). The van der Waals surface area contributed by atoms with E-state index >= 15 is 0 Å². The number of hydrogen-bond acceptors (Lipinski definition) is 4. The molecule has 3 aromatic carbocycles. The fraction of sp³-hybridized carbons (Fsp3) is 0.130. The average Bonchev–Trinajstić information content (AvgIpc) is 3.17. The summed E-state index contributed by atoms with van der Waals surface area (Å²) in [5.41, 5.74) is 4.18. The first-order valence-electron chi connectivity index (χ1n) is 9.26. The minimum atomic E-state index is -3.25. The minimum absolute atomic E-state index is 0.0643. The second-order valence-electron chi connectivity index (χ2n) is 6.74. The number of hydrogen-bond donors (Lipinski definition) is 1. The van der Waals surface area contributed by atoms with Gasteiger partial charge in [0.1, 0.15) is 11.4 Å². The van der Waals surface area contributed by atoms with Crippen LogP contribution in [0.25, 0.3) is 33.2 Å². The number of fused-ring (bicyclic) bond motifs is 1. The number of rotatable bonds is 5. The number of furan rings is 1. The van der Waals surface area contributed by atoms with E-state index in [1.54, 1.807) is 50.4 Å². The lowest BCUT2D eigenvalue weighted by atomic mass is 9.97. The largest absolute Gasteiger partial charge is 0.440 e. The molecule has 0 atom stereocenters. The van der Waals surface area contributed by atoms with E-state index in [1.165, 1.54) is 12.1 Å². The lowest BCUT2D eigenvalue weighted by molar-refractivity contribution is 0.597. The predicted octanol–water partition coefficient (Wildman–Crippen LogP) is 5.74. The zero-order valence-corrected chi connectivity index (χ0v) is 16.9. The van der Waals surface area contributed by atoms with Crippen LogP contribution in [0.4, 0.5) is 10.3 Å². The van der Waals surface area contributed by atoms with Gasteiger partial charge < -0.3 is 9.73 Å². The molecule has 4 nitrogen and oxygen atoms in total. The summed E-state index contributed by atoms with van der Waals surface area (Å²) in [6.07, 6.45) is 0. The van der Waals surface area contributed by atoms with Gasteiger partial charge in [0, 0.05) is 24.1 Å². The number of benzene rings is 3. The lowest BCUT2D eigenvalue weighted by Crippen LogP contribution is -2.03. The van der Waals surface area contributed by atoms with Crippen LogP contribution in [0.15, 0.2) is 76.0 Å². The first-order valence-corrected chi connectivity index (χ1v) is 10.9. The maximum atomic E-state index is 13.4. The summed E-state index contributed by atoms with van der Waals surface area (Å²) in [6.45, 7) is 1.63. The van der Waals surface area contributed by atoms with Gasteiger partial charge in [-0.05, 0) is 53.1 Å². The molecule has 1 aromatic heterocycles. The van der Waals surface area contributed by atoms with Crippen molar-refractivity contribution in [3.63, 3.8) is 0 Å². The Morgan fingerprint density at radius 1 is 0.897 bits per heavy atom. The molecule has 29 heavy (non-hydrogen) atoms. The Kier molecular flexibility index (Phi) is 4.88. The molecule has 0 aliphatic heterocycles. The first kappa shape index (κ1) is 19.2. The molecule has 1 N–H and O–H groups in total. The molecule has 0 fully saturated rings. The van der Waals surface area contributed by atoms with Gasteiger partial charge in [-0.2, -0.15) is 0 Å². The van der Waals surface area contributed by atoms with E-state index in [4.69, 9.17) is 4.42 Å². The third-order valence-electron chi connectivity index (χ3n) is 4.94. The van der Waals surface area contributed by atoms with Gasteiger partial charge in [-0.25, -0.2) is 12.8 Å². The average molecular weight is 409 g/mol. The number of halogens is 1. The molecule has 0 saturated carbocycles. The Hall–Kier alpha value is -3.12. The molecule has 0 bridgehead atoms. The topological polar surface area (TPSA) is 59.3 Å². The Morgan fingerprint density at radius 3 is 2.17 bits per heavy atom. The summed E-state index contributed by atoms with van der Waals surface area (Å²) in [5, 5.41) is 3.90. The van der Waals surface area contributed by atoms with Crippen LogP contribution in [0.2, 0.25) is 0 Å². The summed E-state index contributed by atoms with van der Waals surface area (Å²) >= 11 is 0. The van der Waals surface area contributed by atoms with Gasteiger partial charge in [0.05, 0.1) is 10.6 Å². The molecule has 0 aliphatic rings. The van der Waals surface area contributed by atoms with Crippen molar-refractivity contribution in [1.29, 1.82) is 0 Å². The second kappa shape index (κ2) is 7.37. The van der Waals surface area contributed by atoms with Crippen LogP contribution in [0.5, 0.6) is 0 Å². The first-order chi connectivity index (χ1) is 13.9. The molecule has 0 unspecified atom stereocenters. The van der Waals surface area contributed by atoms with Crippen LogP contribution in [0.1, 0.15) is 6.92 Å². The molecular weight excluding hydrogens is 389 g/mol. The number of nitrogens with one attached hydrogen (secondary N) is 1. The molecule has 0 radical (unpaired) electrons. The molecule has 4 aromatic rings. The normalized spacial score (nSPS) is 11.7. The van der Waals surface area contributed by atoms with E-state index < -0.39 is 9.84 Å². The molecule has 148 valence electrons. The quantitative estimate of drug-likeness (QED) is 0.457. The Labute approximate surface area is 168 Å². The van der Waals surface area contributed by atoms with Gasteiger partial charge in [0.15, 0.2) is 15.7 Å². The molecular formula is C23H20FNO3S. The minimum Gasteiger partial charge on any atom is -0.440 e. The van der Waals surface area contributed by atoms with Crippen molar-refractivity contribution < 1.29 is 17.2 Å². The van der Waals surface area contributed by atoms with Gasteiger partial charge in [-0.1, -0.05) is 31.2 Å². The molecule has 1 heterocycles. The Balaban J connectivity index is 1.88. The molecule has 0 amide bonds. The highest BCUT2D eigenvalue weighted by molar-refractivity contribution is 7.91. The maximum Gasteiger partial charge on any atom is 0.193 e. The van der Waals surface area contributed by atoms with E-state index in [-0.39, 0.29) is 11.6 Å². The fourth-order valence-electron chi connectivity index (χ4n) is 3.31. The summed E-state index contributed by atoms with van der Waals surface area (Å²) in [4.78, 5) is 0.310. The summed E-state index contributed by atoms with van der Waals surface area (Å²) in [7, 11) is -1.47. The van der Waals surface area contributed by atoms with Gasteiger partial charge in [-0.15, -0.1) is 0 Å². The van der Waals surface area contributed by atoms with Crippen LogP contribution in [-0.4, -0.2) is 21.2 Å². The summed E-state index contributed by atoms with van der Waals surface area (Å²) in [5.74, 6) is 0.392. The van der Waals surface area contributed by atoms with Gasteiger partial charge in [-0.3, -0.25) is 0 Å². The third kappa shape index (κ3) is 3.63. The standard InChI is InChI=1S/C23H20FNO3S/c1-3-29(26,27)20-10-6-15(7-11-20)17-12-18-14-22(25-2)28-23(18)21(13-17)16-4-8-19(24)9-5-16/h4-14,25H,3H2,1-2H3. The van der Waals surface area contributed by atoms with Crippen LogP contribution >= 0.6 is 0 Å². The van der Waals surface area contributed by atoms with E-state index in [9.17, 15) is 12.8 Å². The highest BCUT2D eigenvalue weighted by Crippen LogP contribution is 2.37. The molecule has 0 spiro atoms. The van der Waals surface area contributed by atoms with Crippen molar-refractivity contribution in [3.05, 3.63) is 72.5 Å². The van der Waals surface area contributed by atoms with Gasteiger partial charge in [0.2, 0.25) is 0 Å². The molecule has 0 aliphatic carbocycles. The fourth-order valence-corrected chi connectivity index (χ4v) is 4.19. The van der Waals surface area contributed by atoms with Crippen LogP contribution in [-0.2, 0) is 9.84 Å². The molecule has 6 heteroatoms. The second-order valence-corrected chi connectivity index (χ2v) is 9.02. The number of sulfone groups is 1. The van der Waals surface area contributed by atoms with E-state index in [0.717, 1.165) is 27.6 Å². The van der Waals surface area contributed by atoms with Crippen molar-refractivity contribution in [2.24, 2.45) is 0 Å². The summed E-state index contributed by atoms with van der Waals surface area (Å²) < 4.78 is 43.5. The maximum absolute atomic E-state index is 13.4. The zero-order valence-electron chi connectivity index (χ0n) is 16.1. The van der Waals surface area contributed by atoms with Crippen LogP contribution in [0, 0.1) is 5.82 Å². The molecule has 0 saturated heterocycles. The Bertz CT molecular complexity index is 1270. The Morgan fingerprint density at radius 2 is 1.55 bits per heavy atom. The number of anilines is 1. The monoisotopic (exact) mass is 409 g/mol. The highest BCUT2D eigenvalue weighted by atomic mass is 32.2. The SMILES string of the molecule is CCS(=O)(=O)c1ccc(-c2cc(-c3ccc(F)cc3)c3oc(NC)cc3c2)cc1. The third-order valence-corrected chi connectivity index (χ3v) is 6.70. The van der Waals surface area contributed by atoms with Crippen molar-refractivity contribution in [2.75, 3.05) is 18.1 Å². The highest BCUT2D eigenvalue weighted by Gasteiger charge is 2.15. The summed E-state index contributed by atoms with van der Waals surface area (Å²) in [6, 6.07) is 19.0. The van der Waals surface area contributed by atoms with Crippen molar-refractivity contribution in [1.82, 2.24) is 0 Å². The van der Waals surface area contributed by atoms with Crippen LogP contribution in [0.3, 0.4) is 0 Å². The van der Waals surface area contributed by atoms with E-state index in [1.807, 2.05) is 18.2 Å². The van der Waals surface area contributed by atoms with E-state index in [0.29, 0.717) is 16.4 Å². The zero-order chi connectivity index (χ0) is 20.6. The smallest absolute Gasteiger partial charge is 0.193 e. The van der Waals surface area contributed by atoms with Gasteiger partial charge in [0.25, 0.3) is 0 Å². The van der Waals surface area contributed by atoms with Crippen LogP contribution < -0.4 is 5.32 Å². The predicted molar refractivity (Wildman–Crippen MR) is 114 cm³/mol. The van der Waals surface area contributed by atoms with Gasteiger partial charge >= 0.3 is 0 Å². The van der Waals surface area contributed by atoms with Crippen molar-refractivity contribution >= 4 is 26.7 Å². The lowest BCUT2D eigenvalue weighted by Gasteiger charge is -2.09. The van der Waals surface area contributed by atoms with Crippen molar-refractivity contribution in [2.45, 2.75) is 11.8 Å².